The molecule has 0 aromatic rings. The highest BCUT2D eigenvalue weighted by Gasteiger charge is 2.66. The van der Waals surface area contributed by atoms with Gasteiger partial charge in [0.1, 0.15) is 17.6 Å². The van der Waals surface area contributed by atoms with E-state index in [0.717, 1.165) is 0 Å². The van der Waals surface area contributed by atoms with Gasteiger partial charge in [-0.05, 0) is 12.8 Å². The van der Waals surface area contributed by atoms with E-state index < -0.39 is 11.0 Å². The molecule has 0 spiro atoms. The molecule has 3 heteroatoms. The number of rotatable bonds is 3. The lowest BCUT2D eigenvalue weighted by Gasteiger charge is -2.30. The van der Waals surface area contributed by atoms with Crippen molar-refractivity contribution in [1.82, 2.24) is 0 Å². The zero-order valence-corrected chi connectivity index (χ0v) is 8.99. The van der Waals surface area contributed by atoms with Crippen molar-refractivity contribution in [3.63, 3.8) is 0 Å². The van der Waals surface area contributed by atoms with E-state index in [-0.39, 0.29) is 18.7 Å². The van der Waals surface area contributed by atoms with Gasteiger partial charge >= 0.3 is 5.97 Å². The van der Waals surface area contributed by atoms with Crippen LogP contribution in [0.1, 0.15) is 19.8 Å². The molecule has 1 unspecified atom stereocenters. The molecule has 0 aliphatic carbocycles. The van der Waals surface area contributed by atoms with E-state index in [9.17, 15) is 4.79 Å². The minimum Gasteiger partial charge on any atom is -0.462 e. The van der Waals surface area contributed by atoms with Crippen molar-refractivity contribution in [2.75, 3.05) is 6.61 Å². The molecule has 2 rings (SSSR count). The maximum absolute atomic E-state index is 11.9. The lowest BCUT2D eigenvalue weighted by Crippen LogP contribution is -2.43. The molecule has 3 nitrogen and oxygen atoms in total. The summed E-state index contributed by atoms with van der Waals surface area (Å²) in [5.74, 6) is -0.158. The molecule has 0 saturated carbocycles. The Kier molecular flexibility index (Phi) is 2.23. The normalized spacial score (nSPS) is 43.5. The summed E-state index contributed by atoms with van der Waals surface area (Å²) in [7, 11) is 0. The molecule has 2 aliphatic heterocycles. The fourth-order valence-corrected chi connectivity index (χ4v) is 2.70. The second kappa shape index (κ2) is 3.20. The smallest absolute Gasteiger partial charge is 0.315 e. The standard InChI is InChI=1S/C12H16O3/c1-4-9-7-11(5-2)10(13)14-8-12(11,6-3)15-9/h4,6,9H,1,3,5,7-8H2,2H3/t9-,11?,12-/m0/s1. The van der Waals surface area contributed by atoms with E-state index >= 15 is 0 Å². The molecule has 2 fully saturated rings. The topological polar surface area (TPSA) is 35.5 Å². The summed E-state index contributed by atoms with van der Waals surface area (Å²) in [4.78, 5) is 11.9. The average molecular weight is 208 g/mol. The molecule has 15 heavy (non-hydrogen) atoms. The van der Waals surface area contributed by atoms with Crippen LogP contribution >= 0.6 is 0 Å². The molecule has 0 aromatic heterocycles. The van der Waals surface area contributed by atoms with E-state index in [0.29, 0.717) is 12.8 Å². The van der Waals surface area contributed by atoms with Gasteiger partial charge < -0.3 is 9.47 Å². The van der Waals surface area contributed by atoms with Crippen LogP contribution in [0.2, 0.25) is 0 Å². The zero-order valence-electron chi connectivity index (χ0n) is 8.99. The first-order valence-electron chi connectivity index (χ1n) is 5.25. The Bertz CT molecular complexity index is 323. The second-order valence-corrected chi connectivity index (χ2v) is 4.20. The minimum absolute atomic E-state index is 0.0733. The van der Waals surface area contributed by atoms with E-state index in [1.54, 1.807) is 12.2 Å². The first-order chi connectivity index (χ1) is 7.14. The van der Waals surface area contributed by atoms with Gasteiger partial charge in [0.05, 0.1) is 6.10 Å². The molecule has 0 N–H and O–H groups in total. The quantitative estimate of drug-likeness (QED) is 0.524. The number of cyclic esters (lactones) is 1. The van der Waals surface area contributed by atoms with Crippen molar-refractivity contribution >= 4 is 5.97 Å². The third kappa shape index (κ3) is 1.07. The van der Waals surface area contributed by atoms with Gasteiger partial charge in [-0.3, -0.25) is 4.79 Å². The molecule has 0 aromatic carbocycles. The summed E-state index contributed by atoms with van der Waals surface area (Å²) in [6.45, 7) is 9.77. The Hall–Kier alpha value is -1.09. The monoisotopic (exact) mass is 208 g/mol. The summed E-state index contributed by atoms with van der Waals surface area (Å²) in [6, 6.07) is 0. The highest BCUT2D eigenvalue weighted by molar-refractivity contribution is 5.82. The summed E-state index contributed by atoms with van der Waals surface area (Å²) >= 11 is 0. The molecule has 3 atom stereocenters. The maximum Gasteiger partial charge on any atom is 0.315 e. The second-order valence-electron chi connectivity index (χ2n) is 4.20. The van der Waals surface area contributed by atoms with Crippen LogP contribution in [0, 0.1) is 5.41 Å². The van der Waals surface area contributed by atoms with Gasteiger partial charge in [0.2, 0.25) is 0 Å². The highest BCUT2D eigenvalue weighted by Crippen LogP contribution is 2.54. The third-order valence-corrected chi connectivity index (χ3v) is 3.73. The maximum atomic E-state index is 11.9. The Morgan fingerprint density at radius 2 is 2.33 bits per heavy atom. The highest BCUT2D eigenvalue weighted by atomic mass is 16.6. The fraction of sp³-hybridized carbons (Fsp3) is 0.583. The number of hydrogen-bond acceptors (Lipinski definition) is 3. The molecule has 82 valence electrons. The average Bonchev–Trinajstić information content (AvgIpc) is 2.73. The summed E-state index contributed by atoms with van der Waals surface area (Å²) in [5, 5.41) is 0. The lowest BCUT2D eigenvalue weighted by atomic mass is 9.71. The zero-order chi connectivity index (χ0) is 11.1. The van der Waals surface area contributed by atoms with Crippen molar-refractivity contribution in [1.29, 1.82) is 0 Å². The fourth-order valence-electron chi connectivity index (χ4n) is 2.70. The number of fused-ring (bicyclic) bond motifs is 1. The van der Waals surface area contributed by atoms with Crippen molar-refractivity contribution in [2.24, 2.45) is 5.41 Å². The number of hydrogen-bond donors (Lipinski definition) is 0. The molecule has 2 saturated heterocycles. The Labute approximate surface area is 89.8 Å². The van der Waals surface area contributed by atoms with Crippen LogP contribution < -0.4 is 0 Å². The van der Waals surface area contributed by atoms with Crippen LogP contribution in [-0.4, -0.2) is 24.3 Å². The number of esters is 1. The van der Waals surface area contributed by atoms with E-state index in [2.05, 4.69) is 13.2 Å². The first-order valence-corrected chi connectivity index (χ1v) is 5.25. The largest absolute Gasteiger partial charge is 0.462 e. The molecule has 0 radical (unpaired) electrons. The van der Waals surface area contributed by atoms with Crippen molar-refractivity contribution < 1.29 is 14.3 Å². The van der Waals surface area contributed by atoms with Gasteiger partial charge in [-0.25, -0.2) is 0 Å². The number of carbonyl (C=O) groups is 1. The summed E-state index contributed by atoms with van der Waals surface area (Å²) in [6.07, 6.45) is 4.75. The van der Waals surface area contributed by atoms with Gasteiger partial charge in [0.15, 0.2) is 0 Å². The van der Waals surface area contributed by atoms with Crippen molar-refractivity contribution in [3.05, 3.63) is 25.3 Å². The Morgan fingerprint density at radius 1 is 1.60 bits per heavy atom. The molecule has 2 aliphatic rings. The van der Waals surface area contributed by atoms with E-state index in [1.807, 2.05) is 6.92 Å². The van der Waals surface area contributed by atoms with Gasteiger partial charge in [0.25, 0.3) is 0 Å². The van der Waals surface area contributed by atoms with Crippen LogP contribution in [-0.2, 0) is 14.3 Å². The Morgan fingerprint density at radius 3 is 2.80 bits per heavy atom. The lowest BCUT2D eigenvalue weighted by molar-refractivity contribution is -0.146. The van der Waals surface area contributed by atoms with Gasteiger partial charge in [-0.1, -0.05) is 19.1 Å². The van der Waals surface area contributed by atoms with E-state index in [4.69, 9.17) is 9.47 Å². The van der Waals surface area contributed by atoms with Gasteiger partial charge in [0, 0.05) is 0 Å². The van der Waals surface area contributed by atoms with Crippen LogP contribution in [0.25, 0.3) is 0 Å². The predicted octanol–water partition coefficient (Wildman–Crippen LogP) is 1.84. The molecular weight excluding hydrogens is 192 g/mol. The molecule has 0 bridgehead atoms. The van der Waals surface area contributed by atoms with Crippen molar-refractivity contribution in [2.45, 2.75) is 31.5 Å². The summed E-state index contributed by atoms with van der Waals surface area (Å²) in [5.41, 5.74) is -1.19. The Balaban J connectivity index is 2.45. The van der Waals surface area contributed by atoms with Gasteiger partial charge in [-0.15, -0.1) is 13.2 Å². The first kappa shape index (κ1) is 10.4. The molecule has 2 heterocycles. The van der Waals surface area contributed by atoms with Crippen LogP contribution in [0.5, 0.6) is 0 Å². The third-order valence-electron chi connectivity index (χ3n) is 3.73. The SMILES string of the molecule is C=C[C@H]1CC2(CC)C(=O)OC[C@]2(C=C)O1. The summed E-state index contributed by atoms with van der Waals surface area (Å²) < 4.78 is 11.0. The number of ether oxygens (including phenoxy) is 2. The van der Waals surface area contributed by atoms with E-state index in [1.165, 1.54) is 0 Å². The van der Waals surface area contributed by atoms with Crippen LogP contribution in [0.3, 0.4) is 0 Å². The van der Waals surface area contributed by atoms with Crippen molar-refractivity contribution in [3.8, 4) is 0 Å². The number of carbonyl (C=O) groups excluding carboxylic acids is 1. The molecular formula is C12H16O3. The predicted molar refractivity (Wildman–Crippen MR) is 56.3 cm³/mol. The van der Waals surface area contributed by atoms with Gasteiger partial charge in [-0.2, -0.15) is 0 Å². The van der Waals surface area contributed by atoms with Crippen LogP contribution in [0.15, 0.2) is 25.3 Å². The molecule has 0 amide bonds. The van der Waals surface area contributed by atoms with Crippen LogP contribution in [0.4, 0.5) is 0 Å². The minimum atomic E-state index is -0.641.